The summed E-state index contributed by atoms with van der Waals surface area (Å²) >= 11 is 12.6. The Morgan fingerprint density at radius 1 is 1.09 bits per heavy atom. The second kappa shape index (κ2) is 10.5. The van der Waals surface area contributed by atoms with Crippen molar-refractivity contribution in [2.24, 2.45) is 0 Å². The first-order chi connectivity index (χ1) is 15.2. The van der Waals surface area contributed by atoms with Crippen LogP contribution in [0, 0.1) is 0 Å². The Kier molecular flexibility index (Phi) is 8.22. The molecule has 1 heterocycles. The molecule has 0 unspecified atom stereocenters. The molecule has 174 valence electrons. The summed E-state index contributed by atoms with van der Waals surface area (Å²) in [5.74, 6) is -0.336. The SMILES string of the molecule is CCN(CC)S(=O)(=O)c1cccc(C(=O)NCC2(c3ccc(Cl)cc3Cl)CCOCC2)c1. The molecule has 0 saturated carbocycles. The van der Waals surface area contributed by atoms with Gasteiger partial charge in [-0.3, -0.25) is 4.79 Å². The predicted molar refractivity (Wildman–Crippen MR) is 127 cm³/mol. The molecule has 0 spiro atoms. The van der Waals surface area contributed by atoms with Crippen LogP contribution in [0.2, 0.25) is 10.0 Å². The van der Waals surface area contributed by atoms with Crippen LogP contribution in [0.5, 0.6) is 0 Å². The van der Waals surface area contributed by atoms with Gasteiger partial charge in [0.2, 0.25) is 10.0 Å². The maximum absolute atomic E-state index is 13.0. The van der Waals surface area contributed by atoms with Gasteiger partial charge in [0.05, 0.1) is 4.90 Å². The summed E-state index contributed by atoms with van der Waals surface area (Å²) in [7, 11) is -3.65. The maximum atomic E-state index is 13.0. The van der Waals surface area contributed by atoms with Gasteiger partial charge in [-0.25, -0.2) is 8.42 Å². The molecule has 0 atom stereocenters. The monoisotopic (exact) mass is 498 g/mol. The lowest BCUT2D eigenvalue weighted by atomic mass is 9.74. The van der Waals surface area contributed by atoms with Crippen LogP contribution in [-0.4, -0.2) is 51.5 Å². The molecule has 2 aromatic carbocycles. The number of hydrogen-bond donors (Lipinski definition) is 1. The first kappa shape index (κ1) is 25.0. The number of hydrogen-bond acceptors (Lipinski definition) is 4. The number of amides is 1. The van der Waals surface area contributed by atoms with Gasteiger partial charge in [-0.2, -0.15) is 4.31 Å². The van der Waals surface area contributed by atoms with Crippen LogP contribution in [-0.2, 0) is 20.2 Å². The minimum Gasteiger partial charge on any atom is -0.381 e. The first-order valence-electron chi connectivity index (χ1n) is 10.6. The van der Waals surface area contributed by atoms with Crippen molar-refractivity contribution in [1.29, 1.82) is 0 Å². The zero-order valence-electron chi connectivity index (χ0n) is 18.2. The fourth-order valence-electron chi connectivity index (χ4n) is 4.08. The number of nitrogens with zero attached hydrogens (tertiary/aromatic N) is 1. The molecule has 32 heavy (non-hydrogen) atoms. The standard InChI is InChI=1S/C23H28Cl2N2O4S/c1-3-27(4-2)32(29,30)19-7-5-6-17(14-19)22(28)26-16-23(10-12-31-13-11-23)20-9-8-18(24)15-21(20)25/h5-9,14-15H,3-4,10-13,16H2,1-2H3,(H,26,28). The van der Waals surface area contributed by atoms with Gasteiger partial charge < -0.3 is 10.1 Å². The van der Waals surface area contributed by atoms with Crippen LogP contribution < -0.4 is 5.32 Å². The summed E-state index contributed by atoms with van der Waals surface area (Å²) in [4.78, 5) is 13.1. The fraction of sp³-hybridized carbons (Fsp3) is 0.435. The molecular weight excluding hydrogens is 471 g/mol. The number of benzene rings is 2. The molecule has 6 nitrogen and oxygen atoms in total. The fourth-order valence-corrected chi connectivity index (χ4v) is 6.20. The van der Waals surface area contributed by atoms with E-state index in [0.29, 0.717) is 61.3 Å². The van der Waals surface area contributed by atoms with E-state index in [4.69, 9.17) is 27.9 Å². The molecule has 1 fully saturated rings. The molecule has 1 aliphatic heterocycles. The largest absolute Gasteiger partial charge is 0.381 e. The average Bonchev–Trinajstić information content (AvgIpc) is 2.79. The molecule has 9 heteroatoms. The highest BCUT2D eigenvalue weighted by Crippen LogP contribution is 2.39. The zero-order valence-corrected chi connectivity index (χ0v) is 20.6. The second-order valence-corrected chi connectivity index (χ2v) is 10.6. The van der Waals surface area contributed by atoms with E-state index in [-0.39, 0.29) is 16.2 Å². The van der Waals surface area contributed by atoms with Crippen LogP contribution >= 0.6 is 23.2 Å². The van der Waals surface area contributed by atoms with E-state index in [0.717, 1.165) is 5.56 Å². The van der Waals surface area contributed by atoms with Gasteiger partial charge in [-0.1, -0.05) is 49.2 Å². The van der Waals surface area contributed by atoms with E-state index in [1.807, 2.05) is 6.07 Å². The molecule has 0 bridgehead atoms. The van der Waals surface area contributed by atoms with Crippen LogP contribution in [0.3, 0.4) is 0 Å². The predicted octanol–water partition coefficient (Wildman–Crippen LogP) is 4.50. The first-order valence-corrected chi connectivity index (χ1v) is 12.8. The summed E-state index contributed by atoms with van der Waals surface area (Å²) < 4.78 is 32.6. The minimum atomic E-state index is -3.65. The van der Waals surface area contributed by atoms with Crippen molar-refractivity contribution in [3.05, 3.63) is 63.6 Å². The summed E-state index contributed by atoms with van der Waals surface area (Å²) in [6.45, 7) is 5.77. The molecule has 2 aromatic rings. The molecule has 0 aromatic heterocycles. The number of carbonyl (C=O) groups excluding carboxylic acids is 1. The number of sulfonamides is 1. The van der Waals surface area contributed by atoms with Gasteiger partial charge in [0.1, 0.15) is 0 Å². The Hall–Kier alpha value is -1.64. The van der Waals surface area contributed by atoms with Crippen LogP contribution in [0.4, 0.5) is 0 Å². The molecule has 0 aliphatic carbocycles. The third kappa shape index (κ3) is 5.29. The summed E-state index contributed by atoms with van der Waals surface area (Å²) in [5, 5.41) is 4.10. The van der Waals surface area contributed by atoms with Gasteiger partial charge in [-0.05, 0) is 48.7 Å². The van der Waals surface area contributed by atoms with Crippen molar-refractivity contribution >= 4 is 39.1 Å². The number of rotatable bonds is 8. The van der Waals surface area contributed by atoms with E-state index in [9.17, 15) is 13.2 Å². The number of halogens is 2. The van der Waals surface area contributed by atoms with Crippen LogP contribution in [0.15, 0.2) is 47.4 Å². The molecule has 0 radical (unpaired) electrons. The van der Waals surface area contributed by atoms with Crippen LogP contribution in [0.25, 0.3) is 0 Å². The normalized spacial score (nSPS) is 16.2. The summed E-state index contributed by atoms with van der Waals surface area (Å²) in [6, 6.07) is 11.5. The van der Waals surface area contributed by atoms with Gasteiger partial charge in [0, 0.05) is 53.9 Å². The Bertz CT molecular complexity index is 1070. The molecular formula is C23H28Cl2N2O4S. The number of ether oxygens (including phenoxy) is 1. The van der Waals surface area contributed by atoms with Gasteiger partial charge in [-0.15, -0.1) is 0 Å². The van der Waals surface area contributed by atoms with E-state index in [2.05, 4.69) is 5.32 Å². The lowest BCUT2D eigenvalue weighted by Gasteiger charge is -2.38. The van der Waals surface area contributed by atoms with Crippen molar-refractivity contribution in [1.82, 2.24) is 9.62 Å². The Labute approximate surface area is 199 Å². The highest BCUT2D eigenvalue weighted by Gasteiger charge is 2.36. The number of carbonyl (C=O) groups is 1. The average molecular weight is 499 g/mol. The van der Waals surface area contributed by atoms with Crippen molar-refractivity contribution in [3.63, 3.8) is 0 Å². The topological polar surface area (TPSA) is 75.7 Å². The Morgan fingerprint density at radius 2 is 1.78 bits per heavy atom. The lowest BCUT2D eigenvalue weighted by Crippen LogP contribution is -2.44. The van der Waals surface area contributed by atoms with Gasteiger partial charge >= 0.3 is 0 Å². The number of nitrogens with one attached hydrogen (secondary N) is 1. The van der Waals surface area contributed by atoms with E-state index < -0.39 is 10.0 Å². The quantitative estimate of drug-likeness (QED) is 0.581. The lowest BCUT2D eigenvalue weighted by molar-refractivity contribution is 0.0487. The third-order valence-corrected chi connectivity index (χ3v) is 8.57. The minimum absolute atomic E-state index is 0.107. The smallest absolute Gasteiger partial charge is 0.251 e. The highest BCUT2D eigenvalue weighted by atomic mass is 35.5. The molecule has 3 rings (SSSR count). The summed E-state index contributed by atoms with van der Waals surface area (Å²) in [5.41, 5.74) is 0.827. The summed E-state index contributed by atoms with van der Waals surface area (Å²) in [6.07, 6.45) is 1.40. The molecule has 1 amide bonds. The molecule has 1 aliphatic rings. The van der Waals surface area contributed by atoms with Gasteiger partial charge in [0.15, 0.2) is 0 Å². The highest BCUT2D eigenvalue weighted by molar-refractivity contribution is 7.89. The molecule has 1 N–H and O–H groups in total. The van der Waals surface area contributed by atoms with Crippen LogP contribution in [0.1, 0.15) is 42.6 Å². The third-order valence-electron chi connectivity index (χ3n) is 5.98. The Balaban J connectivity index is 1.83. The van der Waals surface area contributed by atoms with E-state index in [1.165, 1.54) is 16.4 Å². The zero-order chi connectivity index (χ0) is 23.4. The van der Waals surface area contributed by atoms with Crippen molar-refractivity contribution in [2.75, 3.05) is 32.8 Å². The second-order valence-electron chi connectivity index (χ2n) is 7.82. The maximum Gasteiger partial charge on any atom is 0.251 e. The Morgan fingerprint density at radius 3 is 2.41 bits per heavy atom. The van der Waals surface area contributed by atoms with Crippen molar-refractivity contribution < 1.29 is 17.9 Å². The molecule has 1 saturated heterocycles. The van der Waals surface area contributed by atoms with E-state index in [1.54, 1.807) is 38.1 Å². The van der Waals surface area contributed by atoms with Gasteiger partial charge in [0.25, 0.3) is 5.91 Å². The van der Waals surface area contributed by atoms with E-state index >= 15 is 0 Å². The van der Waals surface area contributed by atoms with Crippen molar-refractivity contribution in [2.45, 2.75) is 37.0 Å². The van der Waals surface area contributed by atoms with Crippen molar-refractivity contribution in [3.8, 4) is 0 Å².